The average Bonchev–Trinajstić information content (AvgIpc) is 2.50. The van der Waals surface area contributed by atoms with Crippen LogP contribution in [0.3, 0.4) is 0 Å². The van der Waals surface area contributed by atoms with Crippen molar-refractivity contribution in [3.8, 4) is 0 Å². The maximum absolute atomic E-state index is 6.10. The minimum atomic E-state index is 0.353. The molecule has 2 N–H and O–H groups in total. The zero-order chi connectivity index (χ0) is 13.9. The molecule has 0 bridgehead atoms. The van der Waals surface area contributed by atoms with Crippen LogP contribution < -0.4 is 5.73 Å². The molecule has 20 heavy (non-hydrogen) atoms. The third-order valence-electron chi connectivity index (χ3n) is 5.43. The summed E-state index contributed by atoms with van der Waals surface area (Å²) in [6.45, 7) is 5.31. The van der Waals surface area contributed by atoms with Gasteiger partial charge in [0, 0.05) is 31.5 Å². The van der Waals surface area contributed by atoms with Crippen LogP contribution in [0.2, 0.25) is 0 Å². The molecule has 3 heteroatoms. The predicted octanol–water partition coefficient (Wildman–Crippen LogP) is 2.90. The van der Waals surface area contributed by atoms with Crippen LogP contribution in [-0.4, -0.2) is 29.5 Å². The molecule has 0 radical (unpaired) electrons. The van der Waals surface area contributed by atoms with Gasteiger partial charge < -0.3 is 5.73 Å². The molecule has 1 saturated carbocycles. The third kappa shape index (κ3) is 2.75. The number of pyridine rings is 1. The smallest absolute Gasteiger partial charge is 0.0488 e. The lowest BCUT2D eigenvalue weighted by atomic mass is 9.74. The van der Waals surface area contributed by atoms with Gasteiger partial charge in [-0.3, -0.25) is 9.88 Å². The van der Waals surface area contributed by atoms with E-state index in [4.69, 9.17) is 5.73 Å². The number of hydrogen-bond donors (Lipinski definition) is 1. The molecule has 3 rings (SSSR count). The largest absolute Gasteiger partial charge is 0.329 e. The monoisotopic (exact) mass is 273 g/mol. The highest BCUT2D eigenvalue weighted by Gasteiger charge is 2.34. The van der Waals surface area contributed by atoms with E-state index in [0.717, 1.165) is 11.8 Å². The van der Waals surface area contributed by atoms with Crippen LogP contribution in [0.25, 0.3) is 0 Å². The fourth-order valence-corrected chi connectivity index (χ4v) is 4.21. The summed E-state index contributed by atoms with van der Waals surface area (Å²) >= 11 is 0. The normalized spacial score (nSPS) is 28.9. The summed E-state index contributed by atoms with van der Waals surface area (Å²) in [6, 6.07) is 2.46. The number of nitrogens with two attached hydrogens (primary N) is 1. The molecule has 2 fully saturated rings. The molecule has 1 aliphatic carbocycles. The molecule has 1 aliphatic heterocycles. The maximum atomic E-state index is 6.10. The molecule has 0 amide bonds. The molecule has 2 aliphatic rings. The van der Waals surface area contributed by atoms with Crippen molar-refractivity contribution in [2.45, 2.75) is 45.1 Å². The Kier molecular flexibility index (Phi) is 4.37. The lowest BCUT2D eigenvalue weighted by Gasteiger charge is -2.44. The van der Waals surface area contributed by atoms with E-state index in [2.05, 4.69) is 22.9 Å². The van der Waals surface area contributed by atoms with Crippen LogP contribution in [0, 0.1) is 18.8 Å². The summed E-state index contributed by atoms with van der Waals surface area (Å²) in [5, 5.41) is 0. The second kappa shape index (κ2) is 6.23. The Morgan fingerprint density at radius 1 is 1.30 bits per heavy atom. The summed E-state index contributed by atoms with van der Waals surface area (Å²) in [4.78, 5) is 6.93. The van der Waals surface area contributed by atoms with Gasteiger partial charge in [-0.2, -0.15) is 0 Å². The summed E-state index contributed by atoms with van der Waals surface area (Å²) in [6.07, 6.45) is 11.0. The first-order chi connectivity index (χ1) is 9.79. The SMILES string of the molecule is Cc1ccncc1C(CN)N1CCC2CCCCC2C1. The first kappa shape index (κ1) is 14.0. The first-order valence-corrected chi connectivity index (χ1v) is 8.14. The number of fused-ring (bicyclic) bond motifs is 1. The van der Waals surface area contributed by atoms with Crippen LogP contribution in [-0.2, 0) is 0 Å². The second-order valence-corrected chi connectivity index (χ2v) is 6.57. The number of hydrogen-bond acceptors (Lipinski definition) is 3. The van der Waals surface area contributed by atoms with Gasteiger partial charge in [-0.05, 0) is 55.3 Å². The molecular formula is C17H27N3. The Bertz CT molecular complexity index is 446. The summed E-state index contributed by atoms with van der Waals surface area (Å²) < 4.78 is 0. The first-order valence-electron chi connectivity index (χ1n) is 8.14. The van der Waals surface area contributed by atoms with Gasteiger partial charge in [0.05, 0.1) is 0 Å². The van der Waals surface area contributed by atoms with E-state index in [1.807, 2.05) is 12.4 Å². The Morgan fingerprint density at radius 2 is 2.10 bits per heavy atom. The number of aromatic nitrogens is 1. The molecule has 3 unspecified atom stereocenters. The molecule has 2 heterocycles. The number of piperidine rings is 1. The highest BCUT2D eigenvalue weighted by atomic mass is 15.2. The fourth-order valence-electron chi connectivity index (χ4n) is 4.21. The Morgan fingerprint density at radius 3 is 2.85 bits per heavy atom. The third-order valence-corrected chi connectivity index (χ3v) is 5.43. The molecular weight excluding hydrogens is 246 g/mol. The van der Waals surface area contributed by atoms with E-state index in [1.54, 1.807) is 0 Å². The van der Waals surface area contributed by atoms with E-state index in [0.29, 0.717) is 12.6 Å². The van der Waals surface area contributed by atoms with E-state index < -0.39 is 0 Å². The number of rotatable bonds is 3. The number of likely N-dealkylation sites (tertiary alicyclic amines) is 1. The summed E-state index contributed by atoms with van der Waals surface area (Å²) in [5.74, 6) is 1.89. The topological polar surface area (TPSA) is 42.1 Å². The Hall–Kier alpha value is -0.930. The van der Waals surface area contributed by atoms with Gasteiger partial charge in [0.2, 0.25) is 0 Å². The van der Waals surface area contributed by atoms with Crippen LogP contribution in [0.1, 0.15) is 49.3 Å². The lowest BCUT2D eigenvalue weighted by molar-refractivity contribution is 0.0583. The van der Waals surface area contributed by atoms with Crippen LogP contribution in [0.15, 0.2) is 18.5 Å². The summed E-state index contributed by atoms with van der Waals surface area (Å²) in [5.41, 5.74) is 8.75. The van der Waals surface area contributed by atoms with Crippen LogP contribution in [0.4, 0.5) is 0 Å². The number of aryl methyl sites for hydroxylation is 1. The van der Waals surface area contributed by atoms with Gasteiger partial charge in [-0.1, -0.05) is 19.3 Å². The lowest BCUT2D eigenvalue weighted by Crippen LogP contribution is -2.45. The van der Waals surface area contributed by atoms with Crippen molar-refractivity contribution < 1.29 is 0 Å². The van der Waals surface area contributed by atoms with E-state index in [-0.39, 0.29) is 0 Å². The van der Waals surface area contributed by atoms with E-state index in [1.165, 1.54) is 56.3 Å². The minimum absolute atomic E-state index is 0.353. The quantitative estimate of drug-likeness (QED) is 0.920. The van der Waals surface area contributed by atoms with Crippen molar-refractivity contribution in [1.82, 2.24) is 9.88 Å². The van der Waals surface area contributed by atoms with Crippen molar-refractivity contribution in [3.63, 3.8) is 0 Å². The molecule has 3 nitrogen and oxygen atoms in total. The maximum Gasteiger partial charge on any atom is 0.0488 e. The zero-order valence-corrected chi connectivity index (χ0v) is 12.6. The van der Waals surface area contributed by atoms with Gasteiger partial charge >= 0.3 is 0 Å². The van der Waals surface area contributed by atoms with Crippen molar-refractivity contribution in [1.29, 1.82) is 0 Å². The minimum Gasteiger partial charge on any atom is -0.329 e. The van der Waals surface area contributed by atoms with Crippen LogP contribution in [0.5, 0.6) is 0 Å². The van der Waals surface area contributed by atoms with Gasteiger partial charge in [0.25, 0.3) is 0 Å². The van der Waals surface area contributed by atoms with Crippen molar-refractivity contribution in [3.05, 3.63) is 29.6 Å². The van der Waals surface area contributed by atoms with Gasteiger partial charge in [-0.25, -0.2) is 0 Å². The van der Waals surface area contributed by atoms with Crippen molar-refractivity contribution in [2.24, 2.45) is 17.6 Å². The Labute approximate surface area is 122 Å². The number of nitrogens with zero attached hydrogens (tertiary/aromatic N) is 2. The van der Waals surface area contributed by atoms with Crippen molar-refractivity contribution >= 4 is 0 Å². The van der Waals surface area contributed by atoms with Gasteiger partial charge in [-0.15, -0.1) is 0 Å². The summed E-state index contributed by atoms with van der Waals surface area (Å²) in [7, 11) is 0. The van der Waals surface area contributed by atoms with E-state index in [9.17, 15) is 0 Å². The standard InChI is InChI=1S/C17H27N3/c1-13-6-8-19-11-16(13)17(10-18)20-9-7-14-4-2-3-5-15(14)12-20/h6,8,11,14-15,17H,2-5,7,9-10,12,18H2,1H3. The van der Waals surface area contributed by atoms with Gasteiger partial charge in [0.1, 0.15) is 0 Å². The molecule has 1 aromatic heterocycles. The van der Waals surface area contributed by atoms with Crippen LogP contribution >= 0.6 is 0 Å². The Balaban J connectivity index is 1.75. The molecule has 1 saturated heterocycles. The predicted molar refractivity (Wildman–Crippen MR) is 82.4 cm³/mol. The van der Waals surface area contributed by atoms with Crippen molar-refractivity contribution in [2.75, 3.05) is 19.6 Å². The highest BCUT2D eigenvalue weighted by molar-refractivity contribution is 5.25. The fraction of sp³-hybridized carbons (Fsp3) is 0.706. The van der Waals surface area contributed by atoms with Gasteiger partial charge in [0.15, 0.2) is 0 Å². The molecule has 0 aromatic carbocycles. The molecule has 0 spiro atoms. The molecule has 110 valence electrons. The zero-order valence-electron chi connectivity index (χ0n) is 12.6. The average molecular weight is 273 g/mol. The van der Waals surface area contributed by atoms with E-state index >= 15 is 0 Å². The molecule has 3 atom stereocenters. The highest BCUT2D eigenvalue weighted by Crippen LogP contribution is 2.38. The second-order valence-electron chi connectivity index (χ2n) is 6.57. The molecule has 1 aromatic rings.